The first-order valence-corrected chi connectivity index (χ1v) is 11.1. The number of methoxy groups -OCH3 is 1. The Labute approximate surface area is 202 Å². The van der Waals surface area contributed by atoms with Crippen LogP contribution in [0.4, 0.5) is 0 Å². The third-order valence-electron chi connectivity index (χ3n) is 5.55. The molecular formula is C26H23ClN2O5. The predicted octanol–water partition coefficient (Wildman–Crippen LogP) is 4.76. The number of benzene rings is 2. The first-order valence-electron chi connectivity index (χ1n) is 10.7. The Kier molecular flexibility index (Phi) is 6.84. The summed E-state index contributed by atoms with van der Waals surface area (Å²) in [4.78, 5) is 31.9. The molecule has 174 valence electrons. The van der Waals surface area contributed by atoms with Crippen LogP contribution in [0.3, 0.4) is 0 Å². The summed E-state index contributed by atoms with van der Waals surface area (Å²) < 4.78 is 10.8. The molecule has 1 N–H and O–H groups in total. The number of aliphatic hydroxyl groups is 1. The number of carbonyl (C=O) groups excluding carboxylic acids is 2. The summed E-state index contributed by atoms with van der Waals surface area (Å²) in [6, 6.07) is 14.6. The van der Waals surface area contributed by atoms with Crippen molar-refractivity contribution in [2.24, 2.45) is 0 Å². The van der Waals surface area contributed by atoms with E-state index in [1.165, 1.54) is 4.90 Å². The number of pyridine rings is 1. The lowest BCUT2D eigenvalue weighted by Crippen LogP contribution is -2.29. The molecule has 1 aliphatic rings. The first kappa shape index (κ1) is 23.3. The maximum Gasteiger partial charge on any atom is 0.295 e. The molecule has 3 aromatic rings. The summed E-state index contributed by atoms with van der Waals surface area (Å²) in [5.74, 6) is -0.753. The molecule has 2 heterocycles. The van der Waals surface area contributed by atoms with Crippen molar-refractivity contribution in [3.63, 3.8) is 0 Å². The number of ether oxygens (including phenoxy) is 2. The molecule has 1 amide bonds. The van der Waals surface area contributed by atoms with Crippen molar-refractivity contribution < 1.29 is 24.2 Å². The molecule has 34 heavy (non-hydrogen) atoms. The maximum atomic E-state index is 13.2. The molecule has 0 saturated carbocycles. The van der Waals surface area contributed by atoms with Gasteiger partial charge in [0, 0.05) is 24.5 Å². The van der Waals surface area contributed by atoms with Gasteiger partial charge in [0.2, 0.25) is 0 Å². The Hall–Kier alpha value is -3.84. The average molecular weight is 479 g/mol. The van der Waals surface area contributed by atoms with Crippen molar-refractivity contribution in [3.05, 3.63) is 94.3 Å². The Bertz CT molecular complexity index is 1260. The van der Waals surface area contributed by atoms with Crippen molar-refractivity contribution in [3.8, 4) is 11.5 Å². The number of nitrogens with zero attached hydrogens (tertiary/aromatic N) is 2. The lowest BCUT2D eigenvalue weighted by atomic mass is 9.95. The largest absolute Gasteiger partial charge is 0.507 e. The van der Waals surface area contributed by atoms with Gasteiger partial charge in [-0.2, -0.15) is 0 Å². The molecule has 0 spiro atoms. The van der Waals surface area contributed by atoms with Crippen LogP contribution in [0.25, 0.3) is 5.76 Å². The zero-order chi connectivity index (χ0) is 24.2. The van der Waals surface area contributed by atoms with E-state index >= 15 is 0 Å². The van der Waals surface area contributed by atoms with Crippen LogP contribution in [-0.2, 0) is 16.1 Å². The van der Waals surface area contributed by atoms with Crippen LogP contribution in [0.15, 0.2) is 72.6 Å². The van der Waals surface area contributed by atoms with Crippen LogP contribution in [0.2, 0.25) is 5.02 Å². The second kappa shape index (κ2) is 9.97. The summed E-state index contributed by atoms with van der Waals surface area (Å²) >= 11 is 6.36. The second-order valence-electron chi connectivity index (χ2n) is 7.63. The Balaban J connectivity index is 1.85. The SMILES string of the molecule is CCOc1ccc(Cl)c(/C(O)=C2\C(=O)C(=O)N(Cc3cccc(OC)c3)C2c2ccncc2)c1. The van der Waals surface area contributed by atoms with E-state index in [0.29, 0.717) is 23.7 Å². The van der Waals surface area contributed by atoms with Crippen LogP contribution in [-0.4, -0.2) is 40.4 Å². The van der Waals surface area contributed by atoms with Gasteiger partial charge in [0.25, 0.3) is 11.7 Å². The molecule has 0 radical (unpaired) electrons. The van der Waals surface area contributed by atoms with Gasteiger partial charge in [0.15, 0.2) is 0 Å². The molecule has 1 aliphatic heterocycles. The number of aromatic nitrogens is 1. The van der Waals surface area contributed by atoms with Crippen molar-refractivity contribution in [1.82, 2.24) is 9.88 Å². The van der Waals surface area contributed by atoms with Crippen LogP contribution < -0.4 is 9.47 Å². The molecule has 0 aliphatic carbocycles. The van der Waals surface area contributed by atoms with Gasteiger partial charge in [-0.1, -0.05) is 23.7 Å². The normalized spacial score (nSPS) is 17.1. The van der Waals surface area contributed by atoms with E-state index in [0.717, 1.165) is 5.56 Å². The highest BCUT2D eigenvalue weighted by Crippen LogP contribution is 2.41. The highest BCUT2D eigenvalue weighted by molar-refractivity contribution is 6.47. The Morgan fingerprint density at radius 2 is 1.85 bits per heavy atom. The van der Waals surface area contributed by atoms with E-state index in [2.05, 4.69) is 4.98 Å². The van der Waals surface area contributed by atoms with E-state index in [-0.39, 0.29) is 28.5 Å². The van der Waals surface area contributed by atoms with E-state index in [1.54, 1.807) is 62.0 Å². The summed E-state index contributed by atoms with van der Waals surface area (Å²) in [6.45, 7) is 2.39. The van der Waals surface area contributed by atoms with Crippen LogP contribution in [0.1, 0.15) is 29.7 Å². The average Bonchev–Trinajstić information content (AvgIpc) is 3.10. The zero-order valence-corrected chi connectivity index (χ0v) is 19.5. The summed E-state index contributed by atoms with van der Waals surface area (Å²) in [7, 11) is 1.56. The highest BCUT2D eigenvalue weighted by atomic mass is 35.5. The van der Waals surface area contributed by atoms with Crippen molar-refractivity contribution in [2.75, 3.05) is 13.7 Å². The number of halogens is 1. The van der Waals surface area contributed by atoms with Crippen molar-refractivity contribution >= 4 is 29.1 Å². The number of likely N-dealkylation sites (tertiary alicyclic amines) is 1. The van der Waals surface area contributed by atoms with Crippen molar-refractivity contribution in [1.29, 1.82) is 0 Å². The monoisotopic (exact) mass is 478 g/mol. The highest BCUT2D eigenvalue weighted by Gasteiger charge is 2.46. The lowest BCUT2D eigenvalue weighted by molar-refractivity contribution is -0.140. The van der Waals surface area contributed by atoms with E-state index in [1.807, 2.05) is 19.1 Å². The number of Topliss-reactive ketones (excluding diaryl/α,β-unsaturated/α-hetero) is 1. The third kappa shape index (κ3) is 4.47. The fourth-order valence-corrected chi connectivity index (χ4v) is 4.20. The quantitative estimate of drug-likeness (QED) is 0.299. The number of hydrogen-bond acceptors (Lipinski definition) is 6. The summed E-state index contributed by atoms with van der Waals surface area (Å²) in [5.41, 5.74) is 1.58. The predicted molar refractivity (Wildman–Crippen MR) is 128 cm³/mol. The number of ketones is 1. The minimum Gasteiger partial charge on any atom is -0.507 e. The first-order chi connectivity index (χ1) is 16.4. The van der Waals surface area contributed by atoms with E-state index in [9.17, 15) is 14.7 Å². The molecule has 8 heteroatoms. The topological polar surface area (TPSA) is 89.0 Å². The fourth-order valence-electron chi connectivity index (χ4n) is 3.99. The molecule has 7 nitrogen and oxygen atoms in total. The van der Waals surface area contributed by atoms with Gasteiger partial charge in [0.1, 0.15) is 17.3 Å². The lowest BCUT2D eigenvalue weighted by Gasteiger charge is -2.25. The van der Waals surface area contributed by atoms with E-state index in [4.69, 9.17) is 21.1 Å². The van der Waals surface area contributed by atoms with Gasteiger partial charge in [-0.05, 0) is 60.5 Å². The zero-order valence-electron chi connectivity index (χ0n) is 18.7. The number of hydrogen-bond donors (Lipinski definition) is 1. The third-order valence-corrected chi connectivity index (χ3v) is 5.88. The van der Waals surface area contributed by atoms with Crippen LogP contribution >= 0.6 is 11.6 Å². The van der Waals surface area contributed by atoms with Gasteiger partial charge in [-0.15, -0.1) is 0 Å². The molecule has 1 unspecified atom stereocenters. The van der Waals surface area contributed by atoms with Crippen molar-refractivity contribution in [2.45, 2.75) is 19.5 Å². The minimum absolute atomic E-state index is 0.0466. The number of aliphatic hydroxyl groups excluding tert-OH is 1. The molecular weight excluding hydrogens is 456 g/mol. The standard InChI is InChI=1S/C26H23ClN2O5/c1-3-34-19-7-8-21(27)20(14-19)24(30)22-23(17-9-11-28-12-10-17)29(26(32)25(22)31)15-16-5-4-6-18(13-16)33-2/h4-14,23,30H,3,15H2,1-2H3/b24-22+. The molecule has 1 fully saturated rings. The second-order valence-corrected chi connectivity index (χ2v) is 8.04. The number of rotatable bonds is 7. The van der Waals surface area contributed by atoms with E-state index < -0.39 is 17.7 Å². The number of carbonyl (C=O) groups is 2. The fraction of sp³-hybridized carbons (Fsp3) is 0.192. The number of amides is 1. The van der Waals surface area contributed by atoms with Gasteiger partial charge >= 0.3 is 0 Å². The Morgan fingerprint density at radius 1 is 1.09 bits per heavy atom. The van der Waals surface area contributed by atoms with Crippen LogP contribution in [0, 0.1) is 0 Å². The molecule has 1 saturated heterocycles. The van der Waals surface area contributed by atoms with Gasteiger partial charge < -0.3 is 19.5 Å². The van der Waals surface area contributed by atoms with Gasteiger partial charge in [-0.25, -0.2) is 0 Å². The molecule has 4 rings (SSSR count). The molecule has 1 atom stereocenters. The summed E-state index contributed by atoms with van der Waals surface area (Å²) in [6.07, 6.45) is 3.15. The van der Waals surface area contributed by atoms with Gasteiger partial charge in [0.05, 0.1) is 30.4 Å². The summed E-state index contributed by atoms with van der Waals surface area (Å²) in [5, 5.41) is 11.5. The Morgan fingerprint density at radius 3 is 2.56 bits per heavy atom. The molecule has 2 aromatic carbocycles. The maximum absolute atomic E-state index is 13.2. The van der Waals surface area contributed by atoms with Crippen LogP contribution in [0.5, 0.6) is 11.5 Å². The molecule has 0 bridgehead atoms. The molecule has 1 aromatic heterocycles. The minimum atomic E-state index is -0.832. The van der Waals surface area contributed by atoms with Gasteiger partial charge in [-0.3, -0.25) is 14.6 Å². The smallest absolute Gasteiger partial charge is 0.295 e.